The van der Waals surface area contributed by atoms with Gasteiger partial charge in [0.25, 0.3) is 0 Å². The molecule has 9 nitrogen and oxygen atoms in total. The van der Waals surface area contributed by atoms with E-state index < -0.39 is 26.5 Å². The van der Waals surface area contributed by atoms with Gasteiger partial charge in [-0.15, -0.1) is 0 Å². The largest absolute Gasteiger partial charge is 0.472 e. The number of carbonyl (C=O) groups excluding carboxylic acids is 2. The highest BCUT2D eigenvalue weighted by molar-refractivity contribution is 7.47. The molecule has 10 heteroatoms. The average Bonchev–Trinajstić information content (AvgIpc) is 3.46. The van der Waals surface area contributed by atoms with Crippen molar-refractivity contribution in [3.8, 4) is 0 Å². The maximum Gasteiger partial charge on any atom is 0.472 e. The Hall–Kier alpha value is -1.77. The molecule has 3 N–H and O–H groups in total. The highest BCUT2D eigenvalue weighted by atomic mass is 31.2. The fraction of sp³-hybridized carbons (Fsp3) is 0.887. The van der Waals surface area contributed by atoms with E-state index in [1.807, 2.05) is 0 Å². The number of rotatable bonds is 68. The van der Waals surface area contributed by atoms with Gasteiger partial charge in [-0.2, -0.15) is 0 Å². The lowest BCUT2D eigenvalue weighted by Gasteiger charge is -2.19. The summed E-state index contributed by atoms with van der Waals surface area (Å²) >= 11 is 0. The van der Waals surface area contributed by atoms with E-state index in [-0.39, 0.29) is 38.6 Å². The van der Waals surface area contributed by atoms with Crippen molar-refractivity contribution in [2.45, 2.75) is 380 Å². The number of phosphoric ester groups is 1. The number of esters is 2. The van der Waals surface area contributed by atoms with Gasteiger partial charge in [0.05, 0.1) is 13.2 Å². The Morgan fingerprint density at radius 2 is 0.642 bits per heavy atom. The Morgan fingerprint density at radius 3 is 0.951 bits per heavy atom. The normalized spacial score (nSPS) is 13.1. The molecule has 0 aromatic carbocycles. The van der Waals surface area contributed by atoms with E-state index >= 15 is 0 Å². The quantitative estimate of drug-likeness (QED) is 0.0264. The molecule has 0 aliphatic heterocycles. The molecule has 0 saturated carbocycles. The molecule has 0 radical (unpaired) electrons. The number of ether oxygens (including phenoxy) is 2. The number of hydrogen-bond donors (Lipinski definition) is 2. The summed E-state index contributed by atoms with van der Waals surface area (Å²) in [4.78, 5) is 35.4. The second-order valence-corrected chi connectivity index (χ2v) is 25.6. The Bertz CT molecular complexity index is 1420. The van der Waals surface area contributed by atoms with Crippen molar-refractivity contribution >= 4 is 19.8 Å². The lowest BCUT2D eigenvalue weighted by molar-refractivity contribution is -0.161. The molecule has 0 aromatic rings. The van der Waals surface area contributed by atoms with Crippen molar-refractivity contribution in [3.63, 3.8) is 0 Å². The molecular formula is C71H136NO8P. The van der Waals surface area contributed by atoms with Crippen molar-refractivity contribution in [2.24, 2.45) is 5.73 Å². The smallest absolute Gasteiger partial charge is 0.462 e. The minimum Gasteiger partial charge on any atom is -0.462 e. The van der Waals surface area contributed by atoms with Gasteiger partial charge in [-0.25, -0.2) is 4.57 Å². The van der Waals surface area contributed by atoms with Crippen LogP contribution in [0.25, 0.3) is 0 Å². The molecule has 0 rings (SSSR count). The van der Waals surface area contributed by atoms with Crippen LogP contribution in [0.1, 0.15) is 373 Å². The Balaban J connectivity index is 3.82. The average molecular weight is 1160 g/mol. The van der Waals surface area contributed by atoms with Crippen molar-refractivity contribution in [1.82, 2.24) is 0 Å². The summed E-state index contributed by atoms with van der Waals surface area (Å²) in [5, 5.41) is 0. The number of allylic oxidation sites excluding steroid dienone is 6. The molecular weight excluding hydrogens is 1030 g/mol. The summed E-state index contributed by atoms with van der Waals surface area (Å²) < 4.78 is 33.2. The maximum absolute atomic E-state index is 12.8. The number of hydrogen-bond acceptors (Lipinski definition) is 8. The molecule has 81 heavy (non-hydrogen) atoms. The Kier molecular flexibility index (Phi) is 65.9. The molecule has 0 heterocycles. The van der Waals surface area contributed by atoms with Crippen LogP contribution in [-0.2, 0) is 32.7 Å². The van der Waals surface area contributed by atoms with Gasteiger partial charge < -0.3 is 20.1 Å². The third-order valence-electron chi connectivity index (χ3n) is 16.0. The predicted octanol–water partition coefficient (Wildman–Crippen LogP) is 23.1. The molecule has 478 valence electrons. The van der Waals surface area contributed by atoms with Crippen molar-refractivity contribution in [1.29, 1.82) is 0 Å². The molecule has 2 atom stereocenters. The molecule has 0 aliphatic carbocycles. The zero-order chi connectivity index (χ0) is 58.7. The van der Waals surface area contributed by atoms with Crippen LogP contribution in [0, 0.1) is 0 Å². The van der Waals surface area contributed by atoms with Gasteiger partial charge in [-0.1, -0.05) is 326 Å². The van der Waals surface area contributed by atoms with E-state index in [9.17, 15) is 19.0 Å². The van der Waals surface area contributed by atoms with Crippen LogP contribution < -0.4 is 5.73 Å². The van der Waals surface area contributed by atoms with Crippen LogP contribution in [-0.4, -0.2) is 49.3 Å². The third kappa shape index (κ3) is 67.2. The molecule has 0 aromatic heterocycles. The van der Waals surface area contributed by atoms with Crippen LogP contribution in [0.15, 0.2) is 36.5 Å². The Morgan fingerprint density at radius 1 is 0.370 bits per heavy atom. The fourth-order valence-electron chi connectivity index (χ4n) is 10.7. The summed E-state index contributed by atoms with van der Waals surface area (Å²) in [7, 11) is -4.39. The highest BCUT2D eigenvalue weighted by Crippen LogP contribution is 2.43. The first-order valence-corrected chi connectivity index (χ1v) is 37.0. The van der Waals surface area contributed by atoms with Gasteiger partial charge in [-0.05, 0) is 70.6 Å². The van der Waals surface area contributed by atoms with Gasteiger partial charge in [0, 0.05) is 19.4 Å². The monoisotopic (exact) mass is 1160 g/mol. The van der Waals surface area contributed by atoms with Gasteiger partial charge in [0.2, 0.25) is 0 Å². The van der Waals surface area contributed by atoms with Crippen molar-refractivity contribution < 1.29 is 37.6 Å². The predicted molar refractivity (Wildman–Crippen MR) is 349 cm³/mol. The first-order chi connectivity index (χ1) is 39.8. The number of phosphoric acid groups is 1. The van der Waals surface area contributed by atoms with Gasteiger partial charge in [0.15, 0.2) is 6.10 Å². The second kappa shape index (κ2) is 67.4. The maximum atomic E-state index is 12.8. The summed E-state index contributed by atoms with van der Waals surface area (Å²) in [6, 6.07) is 0. The van der Waals surface area contributed by atoms with Crippen LogP contribution in [0.3, 0.4) is 0 Å². The first-order valence-electron chi connectivity index (χ1n) is 35.5. The Labute approximate surface area is 503 Å². The molecule has 2 unspecified atom stereocenters. The number of unbranched alkanes of at least 4 members (excludes halogenated alkanes) is 49. The minimum atomic E-state index is -4.39. The van der Waals surface area contributed by atoms with E-state index in [0.29, 0.717) is 6.42 Å². The fourth-order valence-corrected chi connectivity index (χ4v) is 11.5. The van der Waals surface area contributed by atoms with E-state index in [1.165, 1.54) is 302 Å². The molecule has 0 saturated heterocycles. The molecule has 0 aliphatic rings. The van der Waals surface area contributed by atoms with Crippen LogP contribution >= 0.6 is 7.82 Å². The topological polar surface area (TPSA) is 134 Å². The van der Waals surface area contributed by atoms with Crippen LogP contribution in [0.2, 0.25) is 0 Å². The van der Waals surface area contributed by atoms with E-state index in [4.69, 9.17) is 24.3 Å². The van der Waals surface area contributed by atoms with Crippen molar-refractivity contribution in [3.05, 3.63) is 36.5 Å². The summed E-state index contributed by atoms with van der Waals surface area (Å²) in [5.41, 5.74) is 5.40. The summed E-state index contributed by atoms with van der Waals surface area (Å²) in [6.45, 7) is 3.81. The van der Waals surface area contributed by atoms with E-state index in [0.717, 1.165) is 38.5 Å². The first kappa shape index (κ1) is 79.2. The molecule has 0 amide bonds. The van der Waals surface area contributed by atoms with Gasteiger partial charge >= 0.3 is 19.8 Å². The zero-order valence-corrected chi connectivity index (χ0v) is 54.7. The standard InChI is InChI=1S/C71H136NO8P/c1-3-5-7-9-11-13-15-17-19-21-23-25-27-29-31-32-33-34-35-36-38-40-42-44-46-48-50-52-54-56-58-60-62-64-71(74)80-69(68-79-81(75,76)78-66-65-72)67-77-70(73)63-61-59-57-55-53-51-49-47-45-43-41-39-37-30-28-26-24-22-20-18-16-14-12-10-8-6-4-2/h15,17,21-24,69H,3-14,16,18-20,25-68,72H2,1-2H3,(H,75,76)/b17-15-,23-21-,24-22-. The van der Waals surface area contributed by atoms with E-state index in [2.05, 4.69) is 50.3 Å². The summed E-state index contributed by atoms with van der Waals surface area (Å²) in [5.74, 6) is -0.805. The van der Waals surface area contributed by atoms with E-state index in [1.54, 1.807) is 0 Å². The second-order valence-electron chi connectivity index (χ2n) is 24.1. The zero-order valence-electron chi connectivity index (χ0n) is 53.8. The SMILES string of the molecule is CCCCCCC/C=C\C/C=C\CCCCCCCCCCCCCCCCCCCCCCCC(=O)OC(COC(=O)CCCCCCCCCCCCCCCCC/C=C\CCCCCCCCCC)COP(=O)(O)OCCN. The van der Waals surface area contributed by atoms with Crippen LogP contribution in [0.4, 0.5) is 0 Å². The third-order valence-corrected chi connectivity index (χ3v) is 17.0. The van der Waals surface area contributed by atoms with Gasteiger partial charge in [-0.3, -0.25) is 18.6 Å². The van der Waals surface area contributed by atoms with Crippen molar-refractivity contribution in [2.75, 3.05) is 26.4 Å². The van der Waals surface area contributed by atoms with Gasteiger partial charge in [0.1, 0.15) is 6.61 Å². The lowest BCUT2D eigenvalue weighted by Crippen LogP contribution is -2.29. The number of carbonyl (C=O) groups is 2. The molecule has 0 bridgehead atoms. The molecule has 0 spiro atoms. The molecule has 0 fully saturated rings. The van der Waals surface area contributed by atoms with Crippen LogP contribution in [0.5, 0.6) is 0 Å². The number of nitrogens with two attached hydrogens (primary N) is 1. The minimum absolute atomic E-state index is 0.0560. The lowest BCUT2D eigenvalue weighted by atomic mass is 10.0. The highest BCUT2D eigenvalue weighted by Gasteiger charge is 2.26. The summed E-state index contributed by atoms with van der Waals surface area (Å²) in [6.07, 6.45) is 83.9.